The van der Waals surface area contributed by atoms with Gasteiger partial charge in [0.25, 0.3) is 0 Å². The van der Waals surface area contributed by atoms with Gasteiger partial charge in [0, 0.05) is 17.3 Å². The van der Waals surface area contributed by atoms with Crippen LogP contribution in [0.25, 0.3) is 11.3 Å². The first-order valence-electron chi connectivity index (χ1n) is 4.97. The standard InChI is InChI=1S/C13H11NOS/c15-13(9-16)11-6-2-1-5-10(11)12-7-3-4-8-14-12/h1-8,16H,9H2. The Bertz CT molecular complexity index is 496. The van der Waals surface area contributed by atoms with Crippen LogP contribution >= 0.6 is 12.6 Å². The van der Waals surface area contributed by atoms with Crippen molar-refractivity contribution in [2.24, 2.45) is 0 Å². The zero-order valence-electron chi connectivity index (χ0n) is 8.63. The summed E-state index contributed by atoms with van der Waals surface area (Å²) in [7, 11) is 0. The van der Waals surface area contributed by atoms with Crippen LogP contribution in [0.15, 0.2) is 48.7 Å². The molecule has 0 aliphatic heterocycles. The predicted molar refractivity (Wildman–Crippen MR) is 67.9 cm³/mol. The minimum Gasteiger partial charge on any atom is -0.293 e. The summed E-state index contributed by atoms with van der Waals surface area (Å²) in [5.74, 6) is 0.230. The van der Waals surface area contributed by atoms with Gasteiger partial charge in [-0.25, -0.2) is 0 Å². The van der Waals surface area contributed by atoms with Crippen LogP contribution in [0.3, 0.4) is 0 Å². The molecule has 16 heavy (non-hydrogen) atoms. The van der Waals surface area contributed by atoms with Crippen molar-refractivity contribution in [1.82, 2.24) is 4.98 Å². The number of benzene rings is 1. The van der Waals surface area contributed by atoms with Gasteiger partial charge >= 0.3 is 0 Å². The molecule has 0 radical (unpaired) electrons. The molecule has 0 saturated carbocycles. The highest BCUT2D eigenvalue weighted by Gasteiger charge is 2.10. The van der Waals surface area contributed by atoms with Crippen molar-refractivity contribution in [3.8, 4) is 11.3 Å². The Morgan fingerprint density at radius 2 is 1.88 bits per heavy atom. The van der Waals surface area contributed by atoms with Crippen LogP contribution in [0.1, 0.15) is 10.4 Å². The molecule has 3 heteroatoms. The summed E-state index contributed by atoms with van der Waals surface area (Å²) in [6, 6.07) is 13.1. The molecular weight excluding hydrogens is 218 g/mol. The summed E-state index contributed by atoms with van der Waals surface area (Å²) in [6.07, 6.45) is 1.72. The lowest BCUT2D eigenvalue weighted by Gasteiger charge is -2.06. The van der Waals surface area contributed by atoms with Crippen molar-refractivity contribution < 1.29 is 4.79 Å². The molecule has 1 aromatic carbocycles. The van der Waals surface area contributed by atoms with E-state index in [-0.39, 0.29) is 11.5 Å². The zero-order chi connectivity index (χ0) is 11.4. The molecule has 0 N–H and O–H groups in total. The number of Topliss-reactive ketones (excluding diaryl/α,β-unsaturated/α-hetero) is 1. The van der Waals surface area contributed by atoms with Crippen molar-refractivity contribution in [1.29, 1.82) is 0 Å². The van der Waals surface area contributed by atoms with E-state index < -0.39 is 0 Å². The molecule has 0 atom stereocenters. The number of rotatable bonds is 3. The first kappa shape index (κ1) is 10.9. The maximum Gasteiger partial charge on any atom is 0.173 e. The van der Waals surface area contributed by atoms with Gasteiger partial charge in [0.2, 0.25) is 0 Å². The van der Waals surface area contributed by atoms with Crippen molar-refractivity contribution in [2.75, 3.05) is 5.75 Å². The van der Waals surface area contributed by atoms with Crippen LogP contribution in [0.2, 0.25) is 0 Å². The number of hydrogen-bond donors (Lipinski definition) is 1. The molecule has 0 bridgehead atoms. The molecule has 0 aliphatic carbocycles. The molecule has 0 fully saturated rings. The van der Waals surface area contributed by atoms with Crippen molar-refractivity contribution in [2.45, 2.75) is 0 Å². The minimum absolute atomic E-state index is 0.0181. The predicted octanol–water partition coefficient (Wildman–Crippen LogP) is 2.86. The minimum atomic E-state index is 0.0181. The number of nitrogens with zero attached hydrogens (tertiary/aromatic N) is 1. The third-order valence-electron chi connectivity index (χ3n) is 2.31. The monoisotopic (exact) mass is 229 g/mol. The molecule has 2 nitrogen and oxygen atoms in total. The van der Waals surface area contributed by atoms with Gasteiger partial charge in [-0.3, -0.25) is 9.78 Å². The van der Waals surface area contributed by atoms with Crippen LogP contribution in [0.5, 0.6) is 0 Å². The fourth-order valence-corrected chi connectivity index (χ4v) is 1.73. The molecule has 0 spiro atoms. The molecule has 2 aromatic rings. The normalized spacial score (nSPS) is 10.1. The van der Waals surface area contributed by atoms with Gasteiger partial charge in [0.05, 0.1) is 11.4 Å². The summed E-state index contributed by atoms with van der Waals surface area (Å²) in [5.41, 5.74) is 2.35. The Kier molecular flexibility index (Phi) is 3.37. The second kappa shape index (κ2) is 4.94. The smallest absolute Gasteiger partial charge is 0.173 e. The van der Waals surface area contributed by atoms with Crippen LogP contribution in [-0.2, 0) is 0 Å². The third kappa shape index (κ3) is 2.14. The number of carbonyl (C=O) groups excluding carboxylic acids is 1. The first-order valence-corrected chi connectivity index (χ1v) is 5.60. The quantitative estimate of drug-likeness (QED) is 0.648. The second-order valence-corrected chi connectivity index (χ2v) is 3.66. The molecule has 0 saturated heterocycles. The van der Waals surface area contributed by atoms with Crippen LogP contribution < -0.4 is 0 Å². The van der Waals surface area contributed by atoms with E-state index in [1.165, 1.54) is 0 Å². The maximum atomic E-state index is 11.7. The lowest BCUT2D eigenvalue weighted by molar-refractivity contribution is 0.102. The Morgan fingerprint density at radius 3 is 2.56 bits per heavy atom. The van der Waals surface area contributed by atoms with Crippen LogP contribution in [0.4, 0.5) is 0 Å². The number of aromatic nitrogens is 1. The lowest BCUT2D eigenvalue weighted by Crippen LogP contribution is -2.03. The van der Waals surface area contributed by atoms with Gasteiger partial charge in [0.1, 0.15) is 0 Å². The fraction of sp³-hybridized carbons (Fsp3) is 0.0769. The maximum absolute atomic E-state index is 11.7. The summed E-state index contributed by atoms with van der Waals surface area (Å²) in [5, 5.41) is 0. The van der Waals surface area contributed by atoms with Crippen LogP contribution in [0, 0.1) is 0 Å². The zero-order valence-corrected chi connectivity index (χ0v) is 9.52. The van der Waals surface area contributed by atoms with E-state index in [1.807, 2.05) is 42.5 Å². The Labute approximate surface area is 99.8 Å². The van der Waals surface area contributed by atoms with E-state index in [1.54, 1.807) is 6.20 Å². The fourth-order valence-electron chi connectivity index (χ4n) is 1.56. The number of thiol groups is 1. The van der Waals surface area contributed by atoms with Crippen LogP contribution in [-0.4, -0.2) is 16.5 Å². The first-order chi connectivity index (χ1) is 7.83. The number of pyridine rings is 1. The number of hydrogen-bond acceptors (Lipinski definition) is 3. The highest BCUT2D eigenvalue weighted by atomic mass is 32.1. The average molecular weight is 229 g/mol. The Hall–Kier alpha value is -1.61. The summed E-state index contributed by atoms with van der Waals surface area (Å²) in [4.78, 5) is 16.0. The SMILES string of the molecule is O=C(CS)c1ccccc1-c1ccccn1. The highest BCUT2D eigenvalue weighted by molar-refractivity contribution is 7.81. The van der Waals surface area contributed by atoms with E-state index in [9.17, 15) is 4.79 Å². The second-order valence-electron chi connectivity index (χ2n) is 3.34. The molecule has 0 aliphatic rings. The van der Waals surface area contributed by atoms with Gasteiger partial charge in [-0.15, -0.1) is 0 Å². The van der Waals surface area contributed by atoms with Crippen molar-refractivity contribution in [3.05, 3.63) is 54.2 Å². The molecule has 1 heterocycles. The van der Waals surface area contributed by atoms with E-state index in [2.05, 4.69) is 17.6 Å². The number of ketones is 1. The van der Waals surface area contributed by atoms with E-state index in [0.717, 1.165) is 11.3 Å². The topological polar surface area (TPSA) is 30.0 Å². The van der Waals surface area contributed by atoms with Gasteiger partial charge in [0.15, 0.2) is 5.78 Å². The van der Waals surface area contributed by atoms with E-state index in [4.69, 9.17) is 0 Å². The van der Waals surface area contributed by atoms with Crippen molar-refractivity contribution >= 4 is 18.4 Å². The average Bonchev–Trinajstić information content (AvgIpc) is 2.39. The molecule has 2 rings (SSSR count). The van der Waals surface area contributed by atoms with E-state index in [0.29, 0.717) is 5.56 Å². The lowest BCUT2D eigenvalue weighted by atomic mass is 10.0. The Balaban J connectivity index is 2.53. The van der Waals surface area contributed by atoms with Gasteiger partial charge < -0.3 is 0 Å². The largest absolute Gasteiger partial charge is 0.293 e. The van der Waals surface area contributed by atoms with Gasteiger partial charge in [-0.2, -0.15) is 12.6 Å². The Morgan fingerprint density at radius 1 is 1.12 bits per heavy atom. The molecular formula is C13H11NOS. The number of carbonyl (C=O) groups is 1. The van der Waals surface area contributed by atoms with Gasteiger partial charge in [-0.05, 0) is 12.1 Å². The molecule has 0 unspecified atom stereocenters. The third-order valence-corrected chi connectivity index (χ3v) is 2.60. The molecule has 80 valence electrons. The van der Waals surface area contributed by atoms with Crippen molar-refractivity contribution in [3.63, 3.8) is 0 Å². The molecule has 1 aromatic heterocycles. The summed E-state index contributed by atoms with van der Waals surface area (Å²) < 4.78 is 0. The van der Waals surface area contributed by atoms with E-state index >= 15 is 0 Å². The summed E-state index contributed by atoms with van der Waals surface area (Å²) in [6.45, 7) is 0. The molecule has 0 amide bonds. The summed E-state index contributed by atoms with van der Waals surface area (Å²) >= 11 is 4.02. The highest BCUT2D eigenvalue weighted by Crippen LogP contribution is 2.21. The van der Waals surface area contributed by atoms with Gasteiger partial charge in [-0.1, -0.05) is 30.3 Å².